The van der Waals surface area contributed by atoms with Crippen LogP contribution in [-0.4, -0.2) is 22.4 Å². The molecule has 2 aromatic carbocycles. The third-order valence-electron chi connectivity index (χ3n) is 4.20. The normalized spacial score (nSPS) is 10.6. The van der Waals surface area contributed by atoms with Crippen LogP contribution in [0.3, 0.4) is 0 Å². The van der Waals surface area contributed by atoms with E-state index in [1.807, 2.05) is 32.9 Å². The van der Waals surface area contributed by atoms with Crippen LogP contribution >= 0.6 is 48.8 Å². The quantitative estimate of drug-likeness (QED) is 0.484. The van der Waals surface area contributed by atoms with E-state index in [2.05, 4.69) is 26.2 Å². The summed E-state index contributed by atoms with van der Waals surface area (Å²) in [5.74, 6) is -0.696. The summed E-state index contributed by atoms with van der Waals surface area (Å²) in [7, 11) is 0. The maximum Gasteiger partial charge on any atom is 0.274 e. The van der Waals surface area contributed by atoms with Crippen molar-refractivity contribution >= 4 is 60.6 Å². The molecule has 30 heavy (non-hydrogen) atoms. The molecule has 0 aliphatic carbocycles. The van der Waals surface area contributed by atoms with E-state index in [9.17, 15) is 9.59 Å². The van der Waals surface area contributed by atoms with Crippen molar-refractivity contribution in [2.75, 3.05) is 0 Å². The van der Waals surface area contributed by atoms with Crippen LogP contribution in [0.5, 0.6) is 0 Å². The summed E-state index contributed by atoms with van der Waals surface area (Å²) in [6.45, 7) is 11.9. The highest BCUT2D eigenvalue weighted by molar-refractivity contribution is 6.33. The minimum atomic E-state index is -0.628. The Labute approximate surface area is 203 Å². The highest BCUT2D eigenvalue weighted by Gasteiger charge is 2.30. The fourth-order valence-corrected chi connectivity index (χ4v) is 2.78. The first-order chi connectivity index (χ1) is 12.4. The van der Waals surface area contributed by atoms with E-state index in [1.54, 1.807) is 36.4 Å². The summed E-state index contributed by atoms with van der Waals surface area (Å²) >= 11 is 6.17. The standard InChI is InChI=1S/C22H27ClN2O2.3ClH/c1-21(2,3)16-13-11-15(12-14-16)19(26)24-25(22(4,5)6)20(27)17-9-7-8-10-18(17)23;;;/h7-14H,1-6H3,(H,24,26);3*1H. The number of nitrogens with zero attached hydrogens (tertiary/aromatic N) is 1. The molecule has 0 heterocycles. The van der Waals surface area contributed by atoms with Crippen molar-refractivity contribution in [1.82, 2.24) is 10.4 Å². The molecule has 0 aliphatic heterocycles. The molecule has 1 N–H and O–H groups in total. The Bertz CT molecular complexity index is 841. The second-order valence-electron chi connectivity index (χ2n) is 8.56. The average molecular weight is 496 g/mol. The summed E-state index contributed by atoms with van der Waals surface area (Å²) in [6.07, 6.45) is 0. The van der Waals surface area contributed by atoms with E-state index in [4.69, 9.17) is 11.6 Å². The molecule has 0 atom stereocenters. The van der Waals surface area contributed by atoms with Gasteiger partial charge in [0.2, 0.25) is 0 Å². The van der Waals surface area contributed by atoms with Crippen LogP contribution in [0.25, 0.3) is 0 Å². The van der Waals surface area contributed by atoms with Crippen LogP contribution in [0.1, 0.15) is 67.8 Å². The predicted octanol–water partition coefficient (Wildman–Crippen LogP) is 6.49. The van der Waals surface area contributed by atoms with Gasteiger partial charge < -0.3 is 0 Å². The average Bonchev–Trinajstić information content (AvgIpc) is 2.57. The first-order valence-corrected chi connectivity index (χ1v) is 9.29. The Morgan fingerprint density at radius 1 is 0.833 bits per heavy atom. The van der Waals surface area contributed by atoms with Crippen molar-refractivity contribution in [1.29, 1.82) is 0 Å². The lowest BCUT2D eigenvalue weighted by Gasteiger charge is -2.35. The van der Waals surface area contributed by atoms with Crippen LogP contribution in [-0.2, 0) is 5.41 Å². The van der Waals surface area contributed by atoms with Gasteiger partial charge in [0, 0.05) is 5.56 Å². The summed E-state index contributed by atoms with van der Waals surface area (Å²) < 4.78 is 0. The van der Waals surface area contributed by atoms with Crippen molar-refractivity contribution in [2.45, 2.75) is 52.5 Å². The zero-order valence-corrected chi connectivity index (χ0v) is 21.2. The minimum absolute atomic E-state index is 0. The maximum atomic E-state index is 13.0. The molecule has 168 valence electrons. The van der Waals surface area contributed by atoms with Gasteiger partial charge in [-0.2, -0.15) is 0 Å². The van der Waals surface area contributed by atoms with Gasteiger partial charge in [-0.25, -0.2) is 5.01 Å². The zero-order valence-electron chi connectivity index (χ0n) is 18.0. The number of carbonyl (C=O) groups excluding carboxylic acids is 2. The number of carbonyl (C=O) groups is 2. The minimum Gasteiger partial charge on any atom is -0.267 e. The van der Waals surface area contributed by atoms with Crippen LogP contribution < -0.4 is 5.43 Å². The third-order valence-corrected chi connectivity index (χ3v) is 4.53. The summed E-state index contributed by atoms with van der Waals surface area (Å²) in [5.41, 5.74) is 4.09. The summed E-state index contributed by atoms with van der Waals surface area (Å²) in [5, 5.41) is 1.68. The second kappa shape index (κ2) is 11.8. The van der Waals surface area contributed by atoms with E-state index < -0.39 is 5.54 Å². The lowest BCUT2D eigenvalue weighted by molar-refractivity contribution is 0.0359. The lowest BCUT2D eigenvalue weighted by Crippen LogP contribution is -2.55. The van der Waals surface area contributed by atoms with Gasteiger partial charge >= 0.3 is 0 Å². The molecule has 0 unspecified atom stereocenters. The molecule has 0 fully saturated rings. The van der Waals surface area contributed by atoms with Gasteiger partial charge in [-0.1, -0.05) is 56.6 Å². The molecule has 0 saturated heterocycles. The number of benzene rings is 2. The van der Waals surface area contributed by atoms with Gasteiger partial charge in [-0.3, -0.25) is 15.0 Å². The zero-order chi connectivity index (χ0) is 20.4. The van der Waals surface area contributed by atoms with Gasteiger partial charge in [-0.15, -0.1) is 37.2 Å². The molecule has 0 bridgehead atoms. The molecule has 0 aliphatic rings. The molecule has 4 nitrogen and oxygen atoms in total. The third kappa shape index (κ3) is 7.66. The van der Waals surface area contributed by atoms with Crippen molar-refractivity contribution in [3.05, 3.63) is 70.2 Å². The van der Waals surface area contributed by atoms with Gasteiger partial charge in [0.25, 0.3) is 11.8 Å². The van der Waals surface area contributed by atoms with Crippen molar-refractivity contribution in [3.63, 3.8) is 0 Å². The number of rotatable bonds is 2. The molecular formula is C22H30Cl4N2O2. The van der Waals surface area contributed by atoms with E-state index >= 15 is 0 Å². The highest BCUT2D eigenvalue weighted by Crippen LogP contribution is 2.23. The van der Waals surface area contributed by atoms with Crippen molar-refractivity contribution < 1.29 is 9.59 Å². The Balaban J connectivity index is 0. The topological polar surface area (TPSA) is 49.4 Å². The van der Waals surface area contributed by atoms with Crippen LogP contribution in [0.2, 0.25) is 5.02 Å². The SMILES string of the molecule is CC(C)(C)c1ccc(C(=O)NN(C(=O)c2ccccc2Cl)C(C)(C)C)cc1.Cl.Cl.Cl. The predicted molar refractivity (Wildman–Crippen MR) is 132 cm³/mol. The number of nitrogens with one attached hydrogen (secondary N) is 1. The van der Waals surface area contributed by atoms with Gasteiger partial charge in [-0.05, 0) is 56.0 Å². The fraction of sp³-hybridized carbons (Fsp3) is 0.364. The van der Waals surface area contributed by atoms with Gasteiger partial charge in [0.15, 0.2) is 0 Å². The Morgan fingerprint density at radius 2 is 1.33 bits per heavy atom. The number of halogens is 4. The van der Waals surface area contributed by atoms with Crippen molar-refractivity contribution in [2.24, 2.45) is 0 Å². The van der Waals surface area contributed by atoms with Gasteiger partial charge in [0.05, 0.1) is 16.1 Å². The monoisotopic (exact) mass is 494 g/mol. The molecule has 2 amide bonds. The second-order valence-corrected chi connectivity index (χ2v) is 8.97. The molecule has 0 aromatic heterocycles. The number of hydrazine groups is 1. The smallest absolute Gasteiger partial charge is 0.267 e. The fourth-order valence-electron chi connectivity index (χ4n) is 2.57. The van der Waals surface area contributed by atoms with E-state index in [1.165, 1.54) is 5.01 Å². The van der Waals surface area contributed by atoms with E-state index in [0.29, 0.717) is 16.1 Å². The Kier molecular flexibility index (Phi) is 12.1. The Morgan fingerprint density at radius 3 is 1.77 bits per heavy atom. The van der Waals surface area contributed by atoms with E-state index in [-0.39, 0.29) is 54.5 Å². The lowest BCUT2D eigenvalue weighted by atomic mass is 9.87. The molecule has 8 heteroatoms. The highest BCUT2D eigenvalue weighted by atomic mass is 35.5. The maximum absolute atomic E-state index is 13.0. The number of amides is 2. The first-order valence-electron chi connectivity index (χ1n) is 8.92. The van der Waals surface area contributed by atoms with E-state index in [0.717, 1.165) is 5.56 Å². The number of hydrogen-bond acceptors (Lipinski definition) is 2. The van der Waals surface area contributed by atoms with Crippen LogP contribution in [0.4, 0.5) is 0 Å². The van der Waals surface area contributed by atoms with Crippen LogP contribution in [0, 0.1) is 0 Å². The van der Waals surface area contributed by atoms with Crippen LogP contribution in [0.15, 0.2) is 48.5 Å². The molecule has 0 spiro atoms. The molecule has 2 rings (SSSR count). The largest absolute Gasteiger partial charge is 0.274 e. The Hall–Kier alpha value is -1.46. The number of hydrogen-bond donors (Lipinski definition) is 1. The van der Waals surface area contributed by atoms with Crippen molar-refractivity contribution in [3.8, 4) is 0 Å². The molecule has 0 saturated carbocycles. The first kappa shape index (κ1) is 30.7. The summed E-state index contributed by atoms with van der Waals surface area (Å²) in [4.78, 5) is 25.7. The molecule has 0 radical (unpaired) electrons. The summed E-state index contributed by atoms with van der Waals surface area (Å²) in [6, 6.07) is 14.2. The molecule has 2 aromatic rings. The molecular weight excluding hydrogens is 466 g/mol. The van der Waals surface area contributed by atoms with Gasteiger partial charge in [0.1, 0.15) is 0 Å².